The summed E-state index contributed by atoms with van der Waals surface area (Å²) in [6, 6.07) is 13.7. The van der Waals surface area contributed by atoms with Crippen LogP contribution in [0.25, 0.3) is 10.9 Å². The van der Waals surface area contributed by atoms with E-state index >= 15 is 0 Å². The molecule has 5 saturated heterocycles. The molecule has 3 amide bonds. The quantitative estimate of drug-likeness (QED) is 0.227. The number of fused-ring (bicyclic) bond motifs is 3. The third-order valence-corrected chi connectivity index (χ3v) is 14.9. The van der Waals surface area contributed by atoms with Crippen molar-refractivity contribution < 1.29 is 18.0 Å². The molecule has 0 radical (unpaired) electrons. The predicted octanol–water partition coefficient (Wildman–Crippen LogP) is 5.36. The topological polar surface area (TPSA) is 149 Å². The maximum atomic E-state index is 14.1. The van der Waals surface area contributed by atoms with Gasteiger partial charge >= 0.3 is 6.03 Å². The summed E-state index contributed by atoms with van der Waals surface area (Å²) in [5.41, 5.74) is 3.28. The number of imide groups is 1. The van der Waals surface area contributed by atoms with Crippen LogP contribution in [0.15, 0.2) is 59.8 Å². The van der Waals surface area contributed by atoms with Gasteiger partial charge in [0.1, 0.15) is 0 Å². The van der Waals surface area contributed by atoms with E-state index in [0.29, 0.717) is 40.1 Å². The SMILES string of the molecule is Cn1nc(N2CCC(=O)NC2=O)c2ccc(C3CCN(CC4CCN(c5cccc(S(=O)(=O)N6[C@@H]7CC[C@H]6CC(Nc6ncc(Cl)cn6)C7)c5)CC4)CC3)cc21. The van der Waals surface area contributed by atoms with Gasteiger partial charge in [0.15, 0.2) is 5.82 Å². The van der Waals surface area contributed by atoms with Gasteiger partial charge in [0.2, 0.25) is 21.9 Å². The van der Waals surface area contributed by atoms with Gasteiger partial charge in [-0.05, 0) is 112 Å². The fourth-order valence-corrected chi connectivity index (χ4v) is 11.9. The smallest absolute Gasteiger partial charge is 0.329 e. The fraction of sp³-hybridized carbons (Fsp3) is 0.525. The molecular formula is C40H49ClN10O4S. The number of anilines is 3. The van der Waals surface area contributed by atoms with Gasteiger partial charge in [-0.1, -0.05) is 23.7 Å². The Morgan fingerprint density at radius 2 is 1.62 bits per heavy atom. The molecule has 296 valence electrons. The van der Waals surface area contributed by atoms with Gasteiger partial charge in [-0.3, -0.25) is 19.7 Å². The number of rotatable bonds is 9. The Labute approximate surface area is 332 Å². The number of carbonyl (C=O) groups excluding carboxylic acids is 2. The summed E-state index contributed by atoms with van der Waals surface area (Å²) >= 11 is 5.95. The third-order valence-electron chi connectivity index (χ3n) is 12.7. The highest BCUT2D eigenvalue weighted by molar-refractivity contribution is 7.89. The lowest BCUT2D eigenvalue weighted by Crippen LogP contribution is -2.49. The van der Waals surface area contributed by atoms with E-state index in [9.17, 15) is 18.0 Å². The molecule has 56 heavy (non-hydrogen) atoms. The van der Waals surface area contributed by atoms with E-state index in [0.717, 1.165) is 101 Å². The average molecular weight is 801 g/mol. The second-order valence-corrected chi connectivity index (χ2v) is 18.5. The van der Waals surface area contributed by atoms with E-state index in [-0.39, 0.29) is 30.5 Å². The number of aryl methyl sites for hydroxylation is 1. The Bertz CT molecular complexity index is 2210. The normalized spacial score (nSPS) is 24.6. The second kappa shape index (κ2) is 15.2. The number of urea groups is 1. The highest BCUT2D eigenvalue weighted by Crippen LogP contribution is 2.41. The largest absolute Gasteiger partial charge is 0.371 e. The number of piperidine rings is 3. The fourth-order valence-electron chi connectivity index (χ4n) is 9.84. The Morgan fingerprint density at radius 3 is 2.34 bits per heavy atom. The summed E-state index contributed by atoms with van der Waals surface area (Å²) in [7, 11) is -1.74. The average Bonchev–Trinajstić information content (AvgIpc) is 3.68. The molecule has 16 heteroatoms. The van der Waals surface area contributed by atoms with Crippen molar-refractivity contribution in [1.82, 2.24) is 34.3 Å². The van der Waals surface area contributed by atoms with Crippen molar-refractivity contribution in [2.24, 2.45) is 13.0 Å². The Kier molecular flexibility index (Phi) is 10.1. The first-order valence-corrected chi connectivity index (χ1v) is 21.8. The summed E-state index contributed by atoms with van der Waals surface area (Å²) in [6.45, 7) is 5.38. The van der Waals surface area contributed by atoms with Crippen molar-refractivity contribution in [2.45, 2.75) is 86.7 Å². The monoisotopic (exact) mass is 800 g/mol. The van der Waals surface area contributed by atoms with E-state index in [1.165, 1.54) is 5.56 Å². The molecule has 0 saturated carbocycles. The van der Waals surface area contributed by atoms with Gasteiger partial charge in [-0.25, -0.2) is 23.2 Å². The van der Waals surface area contributed by atoms with E-state index in [2.05, 4.69) is 59.8 Å². The van der Waals surface area contributed by atoms with Crippen LogP contribution in [0.4, 0.5) is 22.2 Å². The van der Waals surface area contributed by atoms with Crippen molar-refractivity contribution in [2.75, 3.05) is 54.4 Å². The number of aromatic nitrogens is 4. The maximum Gasteiger partial charge on any atom is 0.329 e. The zero-order valence-electron chi connectivity index (χ0n) is 31.7. The molecule has 3 atom stereocenters. The predicted molar refractivity (Wildman–Crippen MR) is 216 cm³/mol. The van der Waals surface area contributed by atoms with Gasteiger partial charge in [-0.15, -0.1) is 0 Å². The van der Waals surface area contributed by atoms with Gasteiger partial charge in [0, 0.05) is 68.8 Å². The van der Waals surface area contributed by atoms with Gasteiger partial charge < -0.3 is 15.1 Å². The van der Waals surface area contributed by atoms with Crippen LogP contribution in [0.5, 0.6) is 0 Å². The molecule has 0 spiro atoms. The van der Waals surface area contributed by atoms with E-state index in [1.54, 1.807) is 27.7 Å². The lowest BCUT2D eigenvalue weighted by Gasteiger charge is -2.39. The van der Waals surface area contributed by atoms with Crippen molar-refractivity contribution >= 4 is 61.9 Å². The highest BCUT2D eigenvalue weighted by Gasteiger charge is 2.47. The summed E-state index contributed by atoms with van der Waals surface area (Å²) in [5, 5.41) is 11.9. The number of halogens is 1. The summed E-state index contributed by atoms with van der Waals surface area (Å²) in [4.78, 5) is 39.6. The molecule has 0 aliphatic carbocycles. The first-order chi connectivity index (χ1) is 27.1. The number of sulfonamides is 1. The number of amides is 3. The number of carbonyl (C=O) groups is 2. The van der Waals surface area contributed by atoms with Crippen molar-refractivity contribution in [3.05, 3.63) is 65.4 Å². The van der Waals surface area contributed by atoms with Crippen LogP contribution in [0, 0.1) is 5.92 Å². The lowest BCUT2D eigenvalue weighted by atomic mass is 9.88. The number of benzene rings is 2. The van der Waals surface area contributed by atoms with Crippen LogP contribution < -0.4 is 20.4 Å². The molecule has 2 bridgehead atoms. The van der Waals surface area contributed by atoms with Crippen LogP contribution in [-0.2, 0) is 21.9 Å². The third kappa shape index (κ3) is 7.34. The molecule has 14 nitrogen and oxygen atoms in total. The molecule has 4 aromatic rings. The van der Waals surface area contributed by atoms with E-state index < -0.39 is 16.1 Å². The minimum absolute atomic E-state index is 0.0452. The zero-order chi connectivity index (χ0) is 38.6. The van der Waals surface area contributed by atoms with Gasteiger partial charge in [0.05, 0.1) is 27.8 Å². The van der Waals surface area contributed by atoms with Crippen LogP contribution in [0.1, 0.15) is 69.3 Å². The minimum Gasteiger partial charge on any atom is -0.371 e. The molecular weight excluding hydrogens is 752 g/mol. The van der Waals surface area contributed by atoms with E-state index in [4.69, 9.17) is 11.6 Å². The Hall–Kier alpha value is -4.31. The van der Waals surface area contributed by atoms with Gasteiger partial charge in [0.25, 0.3) is 0 Å². The van der Waals surface area contributed by atoms with Crippen LogP contribution in [0.2, 0.25) is 5.02 Å². The van der Waals surface area contributed by atoms with Crippen molar-refractivity contribution in [3.63, 3.8) is 0 Å². The molecule has 2 aromatic carbocycles. The first kappa shape index (κ1) is 37.3. The Morgan fingerprint density at radius 1 is 0.893 bits per heavy atom. The zero-order valence-corrected chi connectivity index (χ0v) is 33.3. The van der Waals surface area contributed by atoms with E-state index in [1.807, 2.05) is 23.9 Å². The number of hydrogen-bond donors (Lipinski definition) is 2. The van der Waals surface area contributed by atoms with Crippen LogP contribution >= 0.6 is 11.6 Å². The molecule has 2 N–H and O–H groups in total. The molecule has 9 rings (SSSR count). The molecule has 1 unspecified atom stereocenters. The number of likely N-dealkylation sites (tertiary alicyclic amines) is 1. The first-order valence-electron chi connectivity index (χ1n) is 20.0. The number of hydrogen-bond acceptors (Lipinski definition) is 10. The Balaban J connectivity index is 0.769. The molecule has 5 fully saturated rings. The maximum absolute atomic E-state index is 14.1. The second-order valence-electron chi connectivity index (χ2n) is 16.2. The molecule has 7 heterocycles. The highest BCUT2D eigenvalue weighted by atomic mass is 35.5. The standard InChI is InChI=1S/C40H49ClN10O4S/c1-47-36-19-28(5-8-35(36)38(46-47)50-18-13-37(52)45-40(50)53)27-11-14-48(15-12-27)25-26-9-16-49(17-10-26)31-3-2-4-34(22-31)56(54,55)51-32-6-7-33(51)21-30(20-32)44-39-42-23-29(41)24-43-39/h2-5,8,19,22-24,26-27,30,32-33H,6-7,9-18,20-21,25H2,1H3,(H,42,43,44)(H,45,52,53)/t30?,32-,33+. The summed E-state index contributed by atoms with van der Waals surface area (Å²) in [6.07, 6.45) is 10.9. The van der Waals surface area contributed by atoms with Crippen LogP contribution in [-0.4, -0.2) is 107 Å². The minimum atomic E-state index is -3.64. The van der Waals surface area contributed by atoms with Crippen LogP contribution in [0.3, 0.4) is 0 Å². The van der Waals surface area contributed by atoms with Crippen molar-refractivity contribution in [3.8, 4) is 0 Å². The summed E-state index contributed by atoms with van der Waals surface area (Å²) < 4.78 is 31.9. The molecule has 5 aliphatic rings. The summed E-state index contributed by atoms with van der Waals surface area (Å²) in [5.74, 6) is 1.95. The number of nitrogens with one attached hydrogen (secondary N) is 2. The molecule has 2 aromatic heterocycles. The molecule has 5 aliphatic heterocycles. The van der Waals surface area contributed by atoms with Crippen molar-refractivity contribution in [1.29, 1.82) is 0 Å². The van der Waals surface area contributed by atoms with Gasteiger partial charge in [-0.2, -0.15) is 9.40 Å². The lowest BCUT2D eigenvalue weighted by molar-refractivity contribution is -0.120. The number of nitrogens with zero attached hydrogens (tertiary/aromatic N) is 8.